The van der Waals surface area contributed by atoms with Crippen molar-refractivity contribution in [1.29, 1.82) is 0 Å². The van der Waals surface area contributed by atoms with E-state index in [1.807, 2.05) is 0 Å². The molecule has 21 heavy (non-hydrogen) atoms. The smallest absolute Gasteiger partial charge is 0.311 e. The summed E-state index contributed by atoms with van der Waals surface area (Å²) in [4.78, 5) is 27.0. The Bertz CT molecular complexity index is 720. The molecule has 0 aliphatic carbocycles. The topological polar surface area (TPSA) is 96.6 Å². The van der Waals surface area contributed by atoms with Crippen molar-refractivity contribution < 1.29 is 14.8 Å². The number of pyridine rings is 1. The van der Waals surface area contributed by atoms with Gasteiger partial charge in [0.1, 0.15) is 11.9 Å². The number of carboxylic acid groups (broad SMARTS) is 1. The Morgan fingerprint density at radius 1 is 1.52 bits per heavy atom. The van der Waals surface area contributed by atoms with E-state index in [1.165, 1.54) is 6.20 Å². The summed E-state index contributed by atoms with van der Waals surface area (Å²) in [6.45, 7) is 0.168. The first kappa shape index (κ1) is 15.2. The molecule has 1 aromatic heterocycles. The van der Waals surface area contributed by atoms with Crippen LogP contribution in [0.3, 0.4) is 0 Å². The molecular weight excluding hydrogens is 342 g/mol. The molecule has 1 heterocycles. The molecule has 0 atom stereocenters. The predicted molar refractivity (Wildman–Crippen MR) is 81.6 cm³/mol. The zero-order valence-corrected chi connectivity index (χ0v) is 12.7. The highest BCUT2D eigenvalue weighted by Gasteiger charge is 2.21. The lowest BCUT2D eigenvalue weighted by Gasteiger charge is -2.20. The van der Waals surface area contributed by atoms with E-state index in [0.29, 0.717) is 16.6 Å². The Balaban J connectivity index is 2.60. The number of carbonyl (C=O) groups is 1. The van der Waals surface area contributed by atoms with Gasteiger partial charge in [0.15, 0.2) is 0 Å². The first-order valence-electron chi connectivity index (χ1n) is 6.05. The van der Waals surface area contributed by atoms with Crippen molar-refractivity contribution >= 4 is 44.2 Å². The average molecular weight is 354 g/mol. The molecule has 7 nitrogen and oxygen atoms in total. The Morgan fingerprint density at radius 3 is 2.86 bits per heavy atom. The summed E-state index contributed by atoms with van der Waals surface area (Å²) < 4.78 is 0.769. The highest BCUT2D eigenvalue weighted by Crippen LogP contribution is 2.35. The van der Waals surface area contributed by atoms with E-state index >= 15 is 0 Å². The lowest BCUT2D eigenvalue weighted by Crippen LogP contribution is -2.22. The third-order valence-electron chi connectivity index (χ3n) is 3.02. The molecule has 0 aliphatic rings. The van der Waals surface area contributed by atoms with Crippen LogP contribution in [-0.2, 0) is 4.79 Å². The van der Waals surface area contributed by atoms with Gasteiger partial charge in [0.2, 0.25) is 0 Å². The van der Waals surface area contributed by atoms with E-state index in [4.69, 9.17) is 5.11 Å². The van der Waals surface area contributed by atoms with E-state index in [-0.39, 0.29) is 18.7 Å². The number of halogens is 1. The number of fused-ring (bicyclic) bond motifs is 1. The molecule has 0 saturated heterocycles. The minimum absolute atomic E-state index is 0.106. The fraction of sp³-hybridized carbons (Fsp3) is 0.231. The fourth-order valence-corrected chi connectivity index (χ4v) is 2.41. The highest BCUT2D eigenvalue weighted by atomic mass is 79.9. The van der Waals surface area contributed by atoms with Crippen LogP contribution in [0.5, 0.6) is 0 Å². The second kappa shape index (κ2) is 6.04. The molecule has 1 N–H and O–H groups in total. The van der Waals surface area contributed by atoms with Gasteiger partial charge < -0.3 is 10.0 Å². The molecule has 0 unspecified atom stereocenters. The van der Waals surface area contributed by atoms with Gasteiger partial charge in [-0.3, -0.25) is 14.9 Å². The van der Waals surface area contributed by atoms with Gasteiger partial charge in [-0.15, -0.1) is 0 Å². The molecule has 1 aromatic carbocycles. The van der Waals surface area contributed by atoms with Crippen LogP contribution < -0.4 is 4.90 Å². The maximum Gasteiger partial charge on any atom is 0.311 e. The van der Waals surface area contributed by atoms with Crippen molar-refractivity contribution in [1.82, 2.24) is 4.98 Å². The van der Waals surface area contributed by atoms with Crippen molar-refractivity contribution in [3.8, 4) is 0 Å². The molecule has 110 valence electrons. The molecule has 0 spiro atoms. The number of rotatable bonds is 5. The number of aromatic nitrogens is 1. The molecule has 2 rings (SSSR count). The second-order valence-corrected chi connectivity index (χ2v) is 5.39. The Labute approximate surface area is 128 Å². The van der Waals surface area contributed by atoms with E-state index in [9.17, 15) is 14.9 Å². The number of hydrogen-bond acceptors (Lipinski definition) is 5. The molecule has 2 aromatic rings. The summed E-state index contributed by atoms with van der Waals surface area (Å²) >= 11 is 3.33. The lowest BCUT2D eigenvalue weighted by molar-refractivity contribution is -0.384. The van der Waals surface area contributed by atoms with Crippen molar-refractivity contribution in [2.75, 3.05) is 18.5 Å². The lowest BCUT2D eigenvalue weighted by atomic mass is 10.1. The van der Waals surface area contributed by atoms with Crippen molar-refractivity contribution in [2.24, 2.45) is 0 Å². The molecule has 0 radical (unpaired) electrons. The molecule has 0 saturated carbocycles. The summed E-state index contributed by atoms with van der Waals surface area (Å²) in [6, 6.07) is 5.28. The van der Waals surface area contributed by atoms with Crippen LogP contribution >= 0.6 is 15.9 Å². The van der Waals surface area contributed by atoms with Crippen LogP contribution in [-0.4, -0.2) is 34.6 Å². The summed E-state index contributed by atoms with van der Waals surface area (Å²) in [5.74, 6) is -0.955. The minimum Gasteiger partial charge on any atom is -0.481 e. The van der Waals surface area contributed by atoms with Gasteiger partial charge in [0.25, 0.3) is 0 Å². The van der Waals surface area contributed by atoms with Crippen LogP contribution in [0.4, 0.5) is 11.4 Å². The van der Waals surface area contributed by atoms with Crippen LogP contribution in [0.25, 0.3) is 10.9 Å². The number of hydrogen-bond donors (Lipinski definition) is 1. The van der Waals surface area contributed by atoms with Gasteiger partial charge in [0, 0.05) is 23.5 Å². The molecule has 0 bridgehead atoms. The highest BCUT2D eigenvalue weighted by molar-refractivity contribution is 9.10. The number of aliphatic carboxylic acids is 1. The summed E-state index contributed by atoms with van der Waals surface area (Å²) in [7, 11) is 1.63. The summed E-state index contributed by atoms with van der Waals surface area (Å²) in [5.41, 5.74) is 0.835. The predicted octanol–water partition coefficient (Wildman–Crippen LogP) is 2.82. The SMILES string of the molecule is CN(CCC(=O)O)c1c([N+](=O)[O-])cnc2ccc(Br)cc12. The van der Waals surface area contributed by atoms with Crippen LogP contribution in [0.1, 0.15) is 6.42 Å². The minimum atomic E-state index is -0.955. The number of benzene rings is 1. The fourth-order valence-electron chi connectivity index (χ4n) is 2.05. The van der Waals surface area contributed by atoms with Crippen LogP contribution in [0, 0.1) is 10.1 Å². The van der Waals surface area contributed by atoms with Gasteiger partial charge in [-0.05, 0) is 18.2 Å². The zero-order chi connectivity index (χ0) is 15.6. The van der Waals surface area contributed by atoms with E-state index in [0.717, 1.165) is 4.47 Å². The summed E-state index contributed by atoms with van der Waals surface area (Å²) in [5, 5.41) is 20.6. The van der Waals surface area contributed by atoms with Gasteiger partial charge >= 0.3 is 11.7 Å². The van der Waals surface area contributed by atoms with Crippen molar-refractivity contribution in [3.63, 3.8) is 0 Å². The number of nitro groups is 1. The Hall–Kier alpha value is -2.22. The van der Waals surface area contributed by atoms with E-state index in [1.54, 1.807) is 30.1 Å². The molecule has 0 aliphatic heterocycles. The molecule has 0 fully saturated rings. The Kier molecular flexibility index (Phi) is 4.37. The third-order valence-corrected chi connectivity index (χ3v) is 3.52. The van der Waals surface area contributed by atoms with E-state index < -0.39 is 10.9 Å². The number of carboxylic acids is 1. The molecule has 0 amide bonds. The van der Waals surface area contributed by atoms with Crippen molar-refractivity contribution in [2.45, 2.75) is 6.42 Å². The largest absolute Gasteiger partial charge is 0.481 e. The zero-order valence-electron chi connectivity index (χ0n) is 11.1. The van der Waals surface area contributed by atoms with Gasteiger partial charge in [-0.25, -0.2) is 4.98 Å². The Morgan fingerprint density at radius 2 is 2.24 bits per heavy atom. The summed E-state index contributed by atoms with van der Waals surface area (Å²) in [6.07, 6.45) is 1.09. The molecular formula is C13H12BrN3O4. The van der Waals surface area contributed by atoms with Crippen molar-refractivity contribution in [3.05, 3.63) is 39.0 Å². The van der Waals surface area contributed by atoms with Crippen LogP contribution in [0.15, 0.2) is 28.9 Å². The van der Waals surface area contributed by atoms with E-state index in [2.05, 4.69) is 20.9 Å². The van der Waals surface area contributed by atoms with Crippen LogP contribution in [0.2, 0.25) is 0 Å². The number of anilines is 1. The monoisotopic (exact) mass is 353 g/mol. The van der Waals surface area contributed by atoms with Gasteiger partial charge in [-0.2, -0.15) is 0 Å². The first-order valence-corrected chi connectivity index (χ1v) is 6.85. The quantitative estimate of drug-likeness (QED) is 0.655. The molecule has 8 heteroatoms. The number of nitrogens with zero attached hydrogens (tertiary/aromatic N) is 3. The maximum absolute atomic E-state index is 11.2. The van der Waals surface area contributed by atoms with Gasteiger partial charge in [-0.1, -0.05) is 15.9 Å². The first-order chi connectivity index (χ1) is 9.90. The standard InChI is InChI=1S/C13H12BrN3O4/c1-16(5-4-12(18)19)13-9-6-8(14)2-3-10(9)15-7-11(13)17(20)21/h2-3,6-7H,4-5H2,1H3,(H,18,19). The average Bonchev–Trinajstić information content (AvgIpc) is 2.43. The van der Waals surface area contributed by atoms with Gasteiger partial charge in [0.05, 0.1) is 16.9 Å². The third kappa shape index (κ3) is 3.27. The maximum atomic E-state index is 11.2. The second-order valence-electron chi connectivity index (χ2n) is 4.48. The normalized spacial score (nSPS) is 10.6.